The average molecular weight is 238 g/mol. The van der Waals surface area contributed by atoms with E-state index in [1.54, 1.807) is 6.08 Å². The van der Waals surface area contributed by atoms with E-state index in [4.69, 9.17) is 4.74 Å². The van der Waals surface area contributed by atoms with E-state index < -0.39 is 18.9 Å². The number of ether oxygens (including phenoxy) is 1. The van der Waals surface area contributed by atoms with E-state index in [1.807, 2.05) is 30.3 Å². The SMILES string of the molecule is C=CCC[C@@H](OCc1ccccc1)[C@@H](O)CF. The Bertz CT molecular complexity index is 313. The minimum atomic E-state index is -1.06. The van der Waals surface area contributed by atoms with Gasteiger partial charge in [0, 0.05) is 0 Å². The molecule has 1 rings (SSSR count). The lowest BCUT2D eigenvalue weighted by Crippen LogP contribution is -2.30. The summed E-state index contributed by atoms with van der Waals surface area (Å²) >= 11 is 0. The molecular formula is C14H19FO2. The number of allylic oxidation sites excluding steroid dienone is 1. The third-order valence-corrected chi connectivity index (χ3v) is 2.55. The maximum Gasteiger partial charge on any atom is 0.118 e. The van der Waals surface area contributed by atoms with E-state index in [2.05, 4.69) is 6.58 Å². The van der Waals surface area contributed by atoms with Crippen LogP contribution in [-0.4, -0.2) is 24.0 Å². The topological polar surface area (TPSA) is 29.5 Å². The molecule has 0 radical (unpaired) electrons. The van der Waals surface area contributed by atoms with Crippen molar-refractivity contribution < 1.29 is 14.2 Å². The summed E-state index contributed by atoms with van der Waals surface area (Å²) in [7, 11) is 0. The molecule has 0 aliphatic heterocycles. The molecule has 1 aromatic rings. The van der Waals surface area contributed by atoms with Gasteiger partial charge in [-0.2, -0.15) is 0 Å². The molecule has 94 valence electrons. The number of rotatable bonds is 8. The fourth-order valence-corrected chi connectivity index (χ4v) is 1.55. The van der Waals surface area contributed by atoms with Gasteiger partial charge in [-0.1, -0.05) is 36.4 Å². The van der Waals surface area contributed by atoms with E-state index >= 15 is 0 Å². The van der Waals surface area contributed by atoms with Crippen molar-refractivity contribution in [1.82, 2.24) is 0 Å². The maximum absolute atomic E-state index is 12.4. The lowest BCUT2D eigenvalue weighted by atomic mass is 10.1. The van der Waals surface area contributed by atoms with Gasteiger partial charge in [0.15, 0.2) is 0 Å². The fourth-order valence-electron chi connectivity index (χ4n) is 1.55. The molecule has 0 amide bonds. The number of hydrogen-bond acceptors (Lipinski definition) is 2. The minimum absolute atomic E-state index is 0.389. The number of halogens is 1. The lowest BCUT2D eigenvalue weighted by molar-refractivity contribution is -0.0568. The Morgan fingerprint density at radius 2 is 2.06 bits per heavy atom. The molecule has 0 aromatic heterocycles. The lowest BCUT2D eigenvalue weighted by Gasteiger charge is -2.21. The van der Waals surface area contributed by atoms with Crippen LogP contribution in [0.25, 0.3) is 0 Å². The smallest absolute Gasteiger partial charge is 0.118 e. The van der Waals surface area contributed by atoms with Crippen LogP contribution >= 0.6 is 0 Å². The van der Waals surface area contributed by atoms with E-state index in [1.165, 1.54) is 0 Å². The van der Waals surface area contributed by atoms with Crippen LogP contribution in [0.3, 0.4) is 0 Å². The van der Waals surface area contributed by atoms with Gasteiger partial charge in [-0.05, 0) is 18.4 Å². The second-order valence-corrected chi connectivity index (χ2v) is 3.92. The molecule has 0 aliphatic carbocycles. The molecule has 1 aromatic carbocycles. The number of benzene rings is 1. The summed E-state index contributed by atoms with van der Waals surface area (Å²) in [5.74, 6) is 0. The second kappa shape index (κ2) is 7.98. The fraction of sp³-hybridized carbons (Fsp3) is 0.429. The molecule has 0 saturated carbocycles. The van der Waals surface area contributed by atoms with Crippen molar-refractivity contribution in [2.24, 2.45) is 0 Å². The first kappa shape index (κ1) is 13.9. The zero-order valence-corrected chi connectivity index (χ0v) is 9.89. The second-order valence-electron chi connectivity index (χ2n) is 3.92. The standard InChI is InChI=1S/C14H19FO2/c1-2-3-9-14(13(16)10-15)17-11-12-7-5-4-6-8-12/h2,4-8,13-14,16H,1,3,9-11H2/t13-,14+/m0/s1. The summed E-state index contributed by atoms with van der Waals surface area (Å²) in [4.78, 5) is 0. The largest absolute Gasteiger partial charge is 0.388 e. The molecule has 17 heavy (non-hydrogen) atoms. The Balaban J connectivity index is 2.45. The van der Waals surface area contributed by atoms with Crippen LogP contribution < -0.4 is 0 Å². The van der Waals surface area contributed by atoms with Gasteiger partial charge in [0.25, 0.3) is 0 Å². The Labute approximate surface area is 102 Å². The molecule has 0 fully saturated rings. The summed E-state index contributed by atoms with van der Waals surface area (Å²) in [5.41, 5.74) is 1.02. The third-order valence-electron chi connectivity index (χ3n) is 2.55. The van der Waals surface area contributed by atoms with Crippen LogP contribution in [0.4, 0.5) is 4.39 Å². The van der Waals surface area contributed by atoms with Crippen molar-refractivity contribution in [2.75, 3.05) is 6.67 Å². The highest BCUT2D eigenvalue weighted by Crippen LogP contribution is 2.12. The molecule has 2 atom stereocenters. The summed E-state index contributed by atoms with van der Waals surface area (Å²) in [6.45, 7) is 3.21. The number of alkyl halides is 1. The van der Waals surface area contributed by atoms with Gasteiger partial charge in [0.1, 0.15) is 12.8 Å². The zero-order valence-electron chi connectivity index (χ0n) is 9.89. The maximum atomic E-state index is 12.4. The molecule has 0 aliphatic rings. The van der Waals surface area contributed by atoms with E-state index in [-0.39, 0.29) is 0 Å². The van der Waals surface area contributed by atoms with E-state index in [0.717, 1.165) is 5.56 Å². The Morgan fingerprint density at radius 1 is 1.35 bits per heavy atom. The first-order valence-electron chi connectivity index (χ1n) is 5.78. The summed E-state index contributed by atoms with van der Waals surface area (Å²) in [6, 6.07) is 9.64. The highest BCUT2D eigenvalue weighted by molar-refractivity contribution is 5.13. The quantitative estimate of drug-likeness (QED) is 0.706. The van der Waals surface area contributed by atoms with Gasteiger partial charge < -0.3 is 9.84 Å². The van der Waals surface area contributed by atoms with Gasteiger partial charge in [0.2, 0.25) is 0 Å². The van der Waals surface area contributed by atoms with Crippen molar-refractivity contribution in [1.29, 1.82) is 0 Å². The van der Waals surface area contributed by atoms with Crippen LogP contribution in [-0.2, 0) is 11.3 Å². The monoisotopic (exact) mass is 238 g/mol. The number of aliphatic hydroxyl groups is 1. The highest BCUT2D eigenvalue weighted by atomic mass is 19.1. The molecule has 0 saturated heterocycles. The summed E-state index contributed by atoms with van der Waals surface area (Å²) in [5, 5.41) is 9.49. The minimum Gasteiger partial charge on any atom is -0.388 e. The van der Waals surface area contributed by atoms with Crippen LogP contribution in [0, 0.1) is 0 Å². The molecule has 2 nitrogen and oxygen atoms in total. The van der Waals surface area contributed by atoms with Crippen LogP contribution in [0.15, 0.2) is 43.0 Å². The van der Waals surface area contributed by atoms with Gasteiger partial charge in [-0.15, -0.1) is 6.58 Å². The first-order chi connectivity index (χ1) is 8.27. The number of aliphatic hydroxyl groups excluding tert-OH is 1. The van der Waals surface area contributed by atoms with Crippen LogP contribution in [0.2, 0.25) is 0 Å². The predicted octanol–water partition coefficient (Wildman–Crippen LogP) is 2.87. The van der Waals surface area contributed by atoms with Crippen LogP contribution in [0.5, 0.6) is 0 Å². The normalized spacial score (nSPS) is 14.2. The zero-order chi connectivity index (χ0) is 12.5. The van der Waals surface area contributed by atoms with Crippen molar-refractivity contribution in [2.45, 2.75) is 31.7 Å². The van der Waals surface area contributed by atoms with Gasteiger partial charge in [-0.3, -0.25) is 0 Å². The molecular weight excluding hydrogens is 219 g/mol. The Morgan fingerprint density at radius 3 is 2.65 bits per heavy atom. The molecule has 3 heteroatoms. The van der Waals surface area contributed by atoms with Gasteiger partial charge in [-0.25, -0.2) is 4.39 Å². The van der Waals surface area contributed by atoms with Crippen molar-refractivity contribution in [3.8, 4) is 0 Å². The van der Waals surface area contributed by atoms with Gasteiger partial charge >= 0.3 is 0 Å². The Kier molecular flexibility index (Phi) is 6.51. The molecule has 0 unspecified atom stereocenters. The van der Waals surface area contributed by atoms with E-state index in [0.29, 0.717) is 19.4 Å². The summed E-state index contributed by atoms with van der Waals surface area (Å²) in [6.07, 6.45) is 1.50. The molecule has 0 heterocycles. The number of hydrogen-bond donors (Lipinski definition) is 1. The average Bonchev–Trinajstić information content (AvgIpc) is 2.39. The molecule has 1 N–H and O–H groups in total. The Hall–Kier alpha value is -1.19. The van der Waals surface area contributed by atoms with E-state index in [9.17, 15) is 9.50 Å². The highest BCUT2D eigenvalue weighted by Gasteiger charge is 2.18. The first-order valence-corrected chi connectivity index (χ1v) is 5.78. The third kappa shape index (κ3) is 5.11. The van der Waals surface area contributed by atoms with Crippen LogP contribution in [0.1, 0.15) is 18.4 Å². The van der Waals surface area contributed by atoms with Crippen molar-refractivity contribution in [3.63, 3.8) is 0 Å². The molecule has 0 bridgehead atoms. The van der Waals surface area contributed by atoms with Crippen molar-refractivity contribution >= 4 is 0 Å². The predicted molar refractivity (Wildman–Crippen MR) is 66.4 cm³/mol. The van der Waals surface area contributed by atoms with Crippen molar-refractivity contribution in [3.05, 3.63) is 48.6 Å². The molecule has 0 spiro atoms. The summed E-state index contributed by atoms with van der Waals surface area (Å²) < 4.78 is 18.0. The van der Waals surface area contributed by atoms with Gasteiger partial charge in [0.05, 0.1) is 12.7 Å².